The molecule has 0 bridgehead atoms. The van der Waals surface area contributed by atoms with Crippen molar-refractivity contribution in [1.29, 1.82) is 0 Å². The Balaban J connectivity index is 1.74. The second kappa shape index (κ2) is 10.3. The maximum absolute atomic E-state index is 13.0. The van der Waals surface area contributed by atoms with Gasteiger partial charge in [0, 0.05) is 11.8 Å². The molecule has 2 amide bonds. The molecule has 2 N–H and O–H groups in total. The van der Waals surface area contributed by atoms with Crippen LogP contribution in [0.25, 0.3) is 6.08 Å². The highest BCUT2D eigenvalue weighted by atomic mass is 16.5. The smallest absolute Gasteiger partial charge is 0.257 e. The van der Waals surface area contributed by atoms with E-state index in [0.717, 1.165) is 34.5 Å². The zero-order chi connectivity index (χ0) is 22.2. The summed E-state index contributed by atoms with van der Waals surface area (Å²) in [6, 6.07) is 20.3. The number of hydrogen-bond donors (Lipinski definition) is 2. The number of amides is 2. The summed E-state index contributed by atoms with van der Waals surface area (Å²) in [6.45, 7) is 4.01. The number of hydrogen-bond acceptors (Lipinski definition) is 3. The lowest BCUT2D eigenvalue weighted by molar-refractivity contribution is -0.111. The molecule has 0 aliphatic heterocycles. The van der Waals surface area contributed by atoms with E-state index in [1.807, 2.05) is 56.3 Å². The normalized spacial score (nSPS) is 10.7. The highest BCUT2D eigenvalue weighted by Gasteiger charge is 2.15. The average molecular weight is 415 g/mol. The van der Waals surface area contributed by atoms with Crippen molar-refractivity contribution in [1.82, 2.24) is 0 Å². The van der Waals surface area contributed by atoms with Gasteiger partial charge in [0.05, 0.1) is 18.4 Å². The molecule has 0 fully saturated rings. The molecule has 0 aromatic heterocycles. The molecule has 5 nitrogen and oxygen atoms in total. The lowest BCUT2D eigenvalue weighted by atomic mass is 10.0. The highest BCUT2D eigenvalue weighted by molar-refractivity contribution is 6.12. The summed E-state index contributed by atoms with van der Waals surface area (Å²) in [4.78, 5) is 25.4. The van der Waals surface area contributed by atoms with E-state index in [1.165, 1.54) is 6.08 Å². The van der Waals surface area contributed by atoms with E-state index in [0.29, 0.717) is 11.3 Å². The molecule has 0 unspecified atom stereocenters. The molecule has 0 radical (unpaired) electrons. The second-order valence-electron chi connectivity index (χ2n) is 7.06. The maximum atomic E-state index is 13.0. The molecule has 0 aliphatic carbocycles. The van der Waals surface area contributed by atoms with E-state index >= 15 is 0 Å². The summed E-state index contributed by atoms with van der Waals surface area (Å²) >= 11 is 0. The van der Waals surface area contributed by atoms with Crippen LogP contribution in [0.4, 0.5) is 11.4 Å². The average Bonchev–Trinajstić information content (AvgIpc) is 2.79. The van der Waals surface area contributed by atoms with Gasteiger partial charge in [0.2, 0.25) is 5.91 Å². The first-order valence-corrected chi connectivity index (χ1v) is 10.1. The molecule has 3 aromatic rings. The molecule has 0 saturated carbocycles. The van der Waals surface area contributed by atoms with Crippen LogP contribution in [0.3, 0.4) is 0 Å². The number of aryl methyl sites for hydroxylation is 2. The van der Waals surface area contributed by atoms with Gasteiger partial charge in [0.25, 0.3) is 5.91 Å². The summed E-state index contributed by atoms with van der Waals surface area (Å²) < 4.78 is 5.13. The number of carbonyl (C=O) groups excluding carboxylic acids is 2. The Morgan fingerprint density at radius 1 is 0.935 bits per heavy atom. The fourth-order valence-electron chi connectivity index (χ4n) is 3.23. The number of anilines is 2. The molecule has 0 saturated heterocycles. The third kappa shape index (κ3) is 5.60. The third-order valence-corrected chi connectivity index (χ3v) is 4.95. The van der Waals surface area contributed by atoms with Crippen molar-refractivity contribution in [2.24, 2.45) is 0 Å². The molecule has 0 aliphatic rings. The zero-order valence-corrected chi connectivity index (χ0v) is 17.9. The van der Waals surface area contributed by atoms with Crippen LogP contribution in [-0.4, -0.2) is 18.9 Å². The first kappa shape index (κ1) is 21.8. The minimum Gasteiger partial charge on any atom is -0.497 e. The van der Waals surface area contributed by atoms with Gasteiger partial charge in [-0.15, -0.1) is 0 Å². The van der Waals surface area contributed by atoms with Crippen LogP contribution < -0.4 is 15.4 Å². The van der Waals surface area contributed by atoms with Crippen molar-refractivity contribution in [2.75, 3.05) is 17.7 Å². The standard InChI is InChI=1S/C26H26N2O3/c1-4-20-9-7-8-18(2)25(20)28-26(30)22-10-5-6-11-23(22)27-24(29)17-14-19-12-15-21(31-3)16-13-19/h5-17H,4H2,1-3H3,(H,27,29)(H,28,30)/b17-14+. The van der Waals surface area contributed by atoms with Crippen molar-refractivity contribution in [3.05, 3.63) is 95.1 Å². The van der Waals surface area contributed by atoms with E-state index in [1.54, 1.807) is 37.5 Å². The van der Waals surface area contributed by atoms with Crippen LogP contribution in [0.15, 0.2) is 72.8 Å². The van der Waals surface area contributed by atoms with Crippen LogP contribution >= 0.6 is 0 Å². The van der Waals surface area contributed by atoms with E-state index < -0.39 is 0 Å². The number of ether oxygens (including phenoxy) is 1. The molecule has 31 heavy (non-hydrogen) atoms. The summed E-state index contributed by atoms with van der Waals surface area (Å²) in [5, 5.41) is 5.81. The van der Waals surface area contributed by atoms with Gasteiger partial charge in [-0.05, 0) is 60.4 Å². The Bertz CT molecular complexity index is 1100. The van der Waals surface area contributed by atoms with E-state index in [9.17, 15) is 9.59 Å². The van der Waals surface area contributed by atoms with Crippen molar-refractivity contribution >= 4 is 29.3 Å². The Labute approximate surface area is 182 Å². The molecule has 158 valence electrons. The molecule has 3 rings (SSSR count). The lowest BCUT2D eigenvalue weighted by Gasteiger charge is -2.15. The van der Waals surface area contributed by atoms with Gasteiger partial charge in [-0.25, -0.2) is 0 Å². The third-order valence-electron chi connectivity index (χ3n) is 4.95. The summed E-state index contributed by atoms with van der Waals surface area (Å²) in [5.74, 6) is 0.168. The fourth-order valence-corrected chi connectivity index (χ4v) is 3.23. The van der Waals surface area contributed by atoms with Crippen molar-refractivity contribution < 1.29 is 14.3 Å². The highest BCUT2D eigenvalue weighted by Crippen LogP contribution is 2.24. The molecule has 0 spiro atoms. The molecule has 3 aromatic carbocycles. The molecular formula is C26H26N2O3. The van der Waals surface area contributed by atoms with Gasteiger partial charge in [-0.1, -0.05) is 49.4 Å². The Kier molecular flexibility index (Phi) is 7.22. The van der Waals surface area contributed by atoms with E-state index in [4.69, 9.17) is 4.74 Å². The molecule has 5 heteroatoms. The van der Waals surface area contributed by atoms with Crippen molar-refractivity contribution in [2.45, 2.75) is 20.3 Å². The molecular weight excluding hydrogens is 388 g/mol. The summed E-state index contributed by atoms with van der Waals surface area (Å²) in [5.41, 5.74) is 4.60. The number of rotatable bonds is 7. The van der Waals surface area contributed by atoms with Gasteiger partial charge >= 0.3 is 0 Å². The van der Waals surface area contributed by atoms with Crippen LogP contribution in [0, 0.1) is 6.92 Å². The van der Waals surface area contributed by atoms with Crippen molar-refractivity contribution in [3.8, 4) is 5.75 Å². The first-order valence-electron chi connectivity index (χ1n) is 10.1. The predicted octanol–water partition coefficient (Wildman–Crippen LogP) is 5.47. The number of methoxy groups -OCH3 is 1. The van der Waals surface area contributed by atoms with Gasteiger partial charge in [0.1, 0.15) is 5.75 Å². The number of benzene rings is 3. The van der Waals surface area contributed by atoms with Crippen LogP contribution in [0.2, 0.25) is 0 Å². The van der Waals surface area contributed by atoms with Gasteiger partial charge in [-0.3, -0.25) is 9.59 Å². The summed E-state index contributed by atoms with van der Waals surface area (Å²) in [6.07, 6.45) is 3.96. The lowest BCUT2D eigenvalue weighted by Crippen LogP contribution is -2.18. The Morgan fingerprint density at radius 3 is 2.39 bits per heavy atom. The second-order valence-corrected chi connectivity index (χ2v) is 7.06. The van der Waals surface area contributed by atoms with Gasteiger partial charge < -0.3 is 15.4 Å². The SMILES string of the molecule is CCc1cccc(C)c1NC(=O)c1ccccc1NC(=O)/C=C/c1ccc(OC)cc1. The van der Waals surface area contributed by atoms with Gasteiger partial charge in [0.15, 0.2) is 0 Å². The maximum Gasteiger partial charge on any atom is 0.257 e. The Hall–Kier alpha value is -3.86. The molecule has 0 atom stereocenters. The molecule has 0 heterocycles. The summed E-state index contributed by atoms with van der Waals surface area (Å²) in [7, 11) is 1.61. The Morgan fingerprint density at radius 2 is 1.68 bits per heavy atom. The number of para-hydroxylation sites is 2. The van der Waals surface area contributed by atoms with E-state index in [2.05, 4.69) is 10.6 Å². The van der Waals surface area contributed by atoms with Crippen LogP contribution in [0.5, 0.6) is 5.75 Å². The zero-order valence-electron chi connectivity index (χ0n) is 17.9. The number of carbonyl (C=O) groups is 2. The minimum atomic E-state index is -0.318. The quantitative estimate of drug-likeness (QED) is 0.504. The predicted molar refractivity (Wildman–Crippen MR) is 126 cm³/mol. The topological polar surface area (TPSA) is 67.4 Å². The minimum absolute atomic E-state index is 0.265. The van der Waals surface area contributed by atoms with Crippen LogP contribution in [-0.2, 0) is 11.2 Å². The first-order chi connectivity index (χ1) is 15.0. The van der Waals surface area contributed by atoms with Crippen LogP contribution in [0.1, 0.15) is 34.0 Å². The monoisotopic (exact) mass is 414 g/mol. The van der Waals surface area contributed by atoms with Gasteiger partial charge in [-0.2, -0.15) is 0 Å². The van der Waals surface area contributed by atoms with Crippen molar-refractivity contribution in [3.63, 3.8) is 0 Å². The fraction of sp³-hybridized carbons (Fsp3) is 0.154. The largest absolute Gasteiger partial charge is 0.497 e. The van der Waals surface area contributed by atoms with E-state index in [-0.39, 0.29) is 11.8 Å². The number of nitrogens with one attached hydrogen (secondary N) is 2.